The molecule has 0 aliphatic carbocycles. The number of carbonyl (C=O) groups is 1. The summed E-state index contributed by atoms with van der Waals surface area (Å²) in [4.78, 5) is 17.3. The lowest BCUT2D eigenvalue weighted by Gasteiger charge is -2.13. The highest BCUT2D eigenvalue weighted by atomic mass is 16.1. The van der Waals surface area contributed by atoms with Crippen LogP contribution in [0.25, 0.3) is 10.9 Å². The first-order chi connectivity index (χ1) is 11.6. The van der Waals surface area contributed by atoms with E-state index in [1.165, 1.54) is 0 Å². The standard InChI is InChI=1S/C20H19N3O/c1-23(2)19-8-4-3-6-15(19)7-5-12-22-20(24)17-9-10-18-16(14-17)11-13-21-18/h3-4,6,8-11,13-14,21H,12H2,1-2H3,(H,22,24). The molecule has 1 heterocycles. The second-order valence-electron chi connectivity index (χ2n) is 5.68. The van der Waals surface area contributed by atoms with Crippen molar-refractivity contribution < 1.29 is 4.79 Å². The highest BCUT2D eigenvalue weighted by Gasteiger charge is 2.05. The van der Waals surface area contributed by atoms with E-state index in [-0.39, 0.29) is 5.91 Å². The van der Waals surface area contributed by atoms with E-state index in [9.17, 15) is 4.79 Å². The van der Waals surface area contributed by atoms with E-state index in [2.05, 4.69) is 22.1 Å². The van der Waals surface area contributed by atoms with Crippen LogP contribution >= 0.6 is 0 Å². The molecule has 120 valence electrons. The first-order valence-corrected chi connectivity index (χ1v) is 7.76. The molecule has 3 aromatic rings. The lowest BCUT2D eigenvalue weighted by Crippen LogP contribution is -2.23. The number of aromatic nitrogens is 1. The van der Waals surface area contributed by atoms with Crippen molar-refractivity contribution in [1.82, 2.24) is 10.3 Å². The third kappa shape index (κ3) is 3.41. The number of nitrogens with zero attached hydrogens (tertiary/aromatic N) is 1. The van der Waals surface area contributed by atoms with Gasteiger partial charge in [-0.1, -0.05) is 24.0 Å². The summed E-state index contributed by atoms with van der Waals surface area (Å²) < 4.78 is 0. The minimum absolute atomic E-state index is 0.117. The van der Waals surface area contributed by atoms with Gasteiger partial charge in [0.2, 0.25) is 0 Å². The van der Waals surface area contributed by atoms with Crippen LogP contribution in [0, 0.1) is 11.8 Å². The van der Waals surface area contributed by atoms with Gasteiger partial charge in [-0.25, -0.2) is 0 Å². The van der Waals surface area contributed by atoms with Crippen molar-refractivity contribution in [2.75, 3.05) is 25.5 Å². The Morgan fingerprint density at radius 1 is 1.17 bits per heavy atom. The molecular weight excluding hydrogens is 298 g/mol. The van der Waals surface area contributed by atoms with Gasteiger partial charge in [0.25, 0.3) is 5.91 Å². The predicted molar refractivity (Wildman–Crippen MR) is 98.3 cm³/mol. The van der Waals surface area contributed by atoms with Gasteiger partial charge < -0.3 is 15.2 Å². The Morgan fingerprint density at radius 3 is 2.83 bits per heavy atom. The number of amides is 1. The number of para-hydroxylation sites is 1. The third-order valence-electron chi connectivity index (χ3n) is 3.76. The van der Waals surface area contributed by atoms with Gasteiger partial charge in [0.1, 0.15) is 0 Å². The monoisotopic (exact) mass is 317 g/mol. The molecule has 2 N–H and O–H groups in total. The number of hydrogen-bond donors (Lipinski definition) is 2. The highest BCUT2D eigenvalue weighted by molar-refractivity contribution is 5.98. The topological polar surface area (TPSA) is 48.1 Å². The molecule has 4 nitrogen and oxygen atoms in total. The summed E-state index contributed by atoms with van der Waals surface area (Å²) in [5.74, 6) is 6.01. The van der Waals surface area contributed by atoms with E-state index < -0.39 is 0 Å². The minimum Gasteiger partial charge on any atom is -0.377 e. The summed E-state index contributed by atoms with van der Waals surface area (Å²) in [6.07, 6.45) is 1.86. The van der Waals surface area contributed by atoms with Gasteiger partial charge in [-0.3, -0.25) is 4.79 Å². The first-order valence-electron chi connectivity index (χ1n) is 7.76. The highest BCUT2D eigenvalue weighted by Crippen LogP contribution is 2.16. The number of aromatic amines is 1. The van der Waals surface area contributed by atoms with Crippen molar-refractivity contribution in [3.63, 3.8) is 0 Å². The Morgan fingerprint density at radius 2 is 2.00 bits per heavy atom. The van der Waals surface area contributed by atoms with E-state index in [4.69, 9.17) is 0 Å². The molecule has 0 bridgehead atoms. The Hall–Kier alpha value is -3.19. The van der Waals surface area contributed by atoms with Crippen molar-refractivity contribution in [3.8, 4) is 11.8 Å². The van der Waals surface area contributed by atoms with Gasteiger partial charge in [0.15, 0.2) is 0 Å². The van der Waals surface area contributed by atoms with Crippen LogP contribution in [0.4, 0.5) is 5.69 Å². The smallest absolute Gasteiger partial charge is 0.252 e. The van der Waals surface area contributed by atoms with Crippen molar-refractivity contribution in [2.24, 2.45) is 0 Å². The number of rotatable bonds is 3. The second kappa shape index (κ2) is 6.93. The Kier molecular flexibility index (Phi) is 4.53. The molecule has 4 heteroatoms. The molecule has 3 rings (SSSR count). The zero-order chi connectivity index (χ0) is 16.9. The zero-order valence-electron chi connectivity index (χ0n) is 13.8. The number of anilines is 1. The Balaban J connectivity index is 1.65. The summed E-state index contributed by atoms with van der Waals surface area (Å²) in [7, 11) is 3.97. The number of benzene rings is 2. The molecule has 0 unspecified atom stereocenters. The van der Waals surface area contributed by atoms with E-state index in [1.54, 1.807) is 0 Å². The quantitative estimate of drug-likeness (QED) is 0.730. The first kappa shape index (κ1) is 15.7. The molecule has 0 aliphatic rings. The van der Waals surface area contributed by atoms with E-state index in [0.717, 1.165) is 22.2 Å². The van der Waals surface area contributed by atoms with E-state index in [1.807, 2.05) is 73.7 Å². The lowest BCUT2D eigenvalue weighted by atomic mass is 10.1. The molecule has 0 radical (unpaired) electrons. The van der Waals surface area contributed by atoms with Crippen LogP contribution in [0.1, 0.15) is 15.9 Å². The Bertz CT molecular complexity index is 928. The molecule has 0 saturated heterocycles. The lowest BCUT2D eigenvalue weighted by molar-refractivity contribution is 0.0959. The average Bonchev–Trinajstić information content (AvgIpc) is 3.06. The number of carbonyl (C=O) groups excluding carboxylic acids is 1. The summed E-state index contributed by atoms with van der Waals surface area (Å²) in [6, 6.07) is 15.5. The average molecular weight is 317 g/mol. The normalized spacial score (nSPS) is 10.1. The van der Waals surface area contributed by atoms with Crippen molar-refractivity contribution in [2.45, 2.75) is 0 Å². The van der Waals surface area contributed by atoms with E-state index in [0.29, 0.717) is 12.1 Å². The number of nitrogens with one attached hydrogen (secondary N) is 2. The van der Waals surface area contributed by atoms with Crippen LogP contribution in [0.15, 0.2) is 54.7 Å². The molecule has 0 aliphatic heterocycles. The van der Waals surface area contributed by atoms with Crippen LogP contribution in [-0.2, 0) is 0 Å². The number of fused-ring (bicyclic) bond motifs is 1. The Labute approximate surface area is 141 Å². The van der Waals surface area contributed by atoms with Gasteiger partial charge in [0, 0.05) is 42.3 Å². The van der Waals surface area contributed by atoms with Crippen LogP contribution < -0.4 is 10.2 Å². The SMILES string of the molecule is CN(C)c1ccccc1C#CCNC(=O)c1ccc2[nH]ccc2c1. The number of hydrogen-bond acceptors (Lipinski definition) is 2. The maximum absolute atomic E-state index is 12.2. The van der Waals surface area contributed by atoms with Crippen molar-refractivity contribution >= 4 is 22.5 Å². The van der Waals surface area contributed by atoms with Crippen molar-refractivity contribution in [1.29, 1.82) is 0 Å². The van der Waals surface area contributed by atoms with Crippen LogP contribution in [0.5, 0.6) is 0 Å². The molecule has 24 heavy (non-hydrogen) atoms. The van der Waals surface area contributed by atoms with Crippen molar-refractivity contribution in [3.05, 3.63) is 65.9 Å². The molecule has 0 atom stereocenters. The summed E-state index contributed by atoms with van der Waals surface area (Å²) in [5.41, 5.74) is 3.67. The molecular formula is C20H19N3O. The molecule has 2 aromatic carbocycles. The van der Waals surface area contributed by atoms with Gasteiger partial charge in [0.05, 0.1) is 12.2 Å². The second-order valence-corrected chi connectivity index (χ2v) is 5.68. The van der Waals surface area contributed by atoms with Gasteiger partial charge in [-0.05, 0) is 36.4 Å². The van der Waals surface area contributed by atoms with Crippen LogP contribution in [-0.4, -0.2) is 31.5 Å². The fourth-order valence-electron chi connectivity index (χ4n) is 2.53. The predicted octanol–water partition coefficient (Wildman–Crippen LogP) is 3.02. The minimum atomic E-state index is -0.117. The van der Waals surface area contributed by atoms with Gasteiger partial charge in [-0.15, -0.1) is 0 Å². The molecule has 0 fully saturated rings. The summed E-state index contributed by atoms with van der Waals surface area (Å²) >= 11 is 0. The molecule has 1 amide bonds. The van der Waals surface area contributed by atoms with Gasteiger partial charge >= 0.3 is 0 Å². The molecule has 0 spiro atoms. The fourth-order valence-corrected chi connectivity index (χ4v) is 2.53. The van der Waals surface area contributed by atoms with Gasteiger partial charge in [-0.2, -0.15) is 0 Å². The number of H-pyrrole nitrogens is 1. The maximum Gasteiger partial charge on any atom is 0.252 e. The maximum atomic E-state index is 12.2. The third-order valence-corrected chi connectivity index (χ3v) is 3.76. The largest absolute Gasteiger partial charge is 0.377 e. The van der Waals surface area contributed by atoms with Crippen LogP contribution in [0.2, 0.25) is 0 Å². The summed E-state index contributed by atoms with van der Waals surface area (Å²) in [5, 5.41) is 3.86. The fraction of sp³-hybridized carbons (Fsp3) is 0.150. The van der Waals surface area contributed by atoms with Crippen LogP contribution in [0.3, 0.4) is 0 Å². The molecule has 0 saturated carbocycles. The zero-order valence-corrected chi connectivity index (χ0v) is 13.8. The van der Waals surface area contributed by atoms with E-state index >= 15 is 0 Å². The summed E-state index contributed by atoms with van der Waals surface area (Å²) in [6.45, 7) is 0.311. The molecule has 1 aromatic heterocycles.